The van der Waals surface area contributed by atoms with Gasteiger partial charge in [0.1, 0.15) is 6.54 Å². The Kier molecular flexibility index (Phi) is 3.73. The predicted octanol–water partition coefficient (Wildman–Crippen LogP) is 1.15. The highest BCUT2D eigenvalue weighted by molar-refractivity contribution is 7.09. The molecular weight excluding hydrogens is 240 g/mol. The van der Waals surface area contributed by atoms with Crippen molar-refractivity contribution in [3.63, 3.8) is 0 Å². The highest BCUT2D eigenvalue weighted by atomic mass is 32.1. The molecule has 1 aromatic rings. The first-order chi connectivity index (χ1) is 8.16. The van der Waals surface area contributed by atoms with Crippen molar-refractivity contribution in [2.45, 2.75) is 31.7 Å². The smallest absolute Gasteiger partial charge is 0.323 e. The van der Waals surface area contributed by atoms with Crippen molar-refractivity contribution < 1.29 is 14.7 Å². The normalized spacial score (nSPS) is 14.6. The van der Waals surface area contributed by atoms with Gasteiger partial charge in [-0.1, -0.05) is 0 Å². The fourth-order valence-electron chi connectivity index (χ4n) is 1.69. The second-order valence-corrected chi connectivity index (χ2v) is 5.05. The van der Waals surface area contributed by atoms with Gasteiger partial charge >= 0.3 is 5.97 Å². The van der Waals surface area contributed by atoms with E-state index < -0.39 is 5.97 Å². The number of aliphatic carboxylic acids is 1. The summed E-state index contributed by atoms with van der Waals surface area (Å²) in [4.78, 5) is 28.2. The Morgan fingerprint density at radius 1 is 1.53 bits per heavy atom. The first-order valence-electron chi connectivity index (χ1n) is 5.56. The number of amides is 1. The molecular formula is C11H14N2O3S. The molecule has 1 aromatic heterocycles. The van der Waals surface area contributed by atoms with Crippen LogP contribution in [0.4, 0.5) is 0 Å². The second kappa shape index (κ2) is 5.27. The molecule has 1 fully saturated rings. The number of carbonyl (C=O) groups excluding carboxylic acids is 1. The molecule has 0 atom stereocenters. The number of hydrogen-bond donors (Lipinski definition) is 1. The van der Waals surface area contributed by atoms with Crippen LogP contribution in [-0.2, 0) is 16.0 Å². The molecule has 0 bridgehead atoms. The molecule has 0 unspecified atom stereocenters. The molecule has 1 amide bonds. The Labute approximate surface area is 103 Å². The number of aryl methyl sites for hydroxylation is 1. The van der Waals surface area contributed by atoms with E-state index in [1.54, 1.807) is 6.20 Å². The summed E-state index contributed by atoms with van der Waals surface area (Å²) in [5, 5.41) is 11.5. The lowest BCUT2D eigenvalue weighted by Gasteiger charge is -2.19. The molecule has 1 aliphatic rings. The van der Waals surface area contributed by atoms with Crippen molar-refractivity contribution in [1.29, 1.82) is 0 Å². The minimum absolute atomic E-state index is 0.0786. The molecule has 0 radical (unpaired) electrons. The minimum Gasteiger partial charge on any atom is -0.480 e. The van der Waals surface area contributed by atoms with Crippen molar-refractivity contribution in [2.24, 2.45) is 0 Å². The maximum Gasteiger partial charge on any atom is 0.323 e. The maximum absolute atomic E-state index is 11.9. The second-order valence-electron chi connectivity index (χ2n) is 4.07. The fourth-order valence-corrected chi connectivity index (χ4v) is 2.31. The summed E-state index contributed by atoms with van der Waals surface area (Å²) in [5.41, 5.74) is 0. The van der Waals surface area contributed by atoms with Gasteiger partial charge in [0.2, 0.25) is 5.91 Å². The number of nitrogens with zero attached hydrogens (tertiary/aromatic N) is 2. The highest BCUT2D eigenvalue weighted by Crippen LogP contribution is 2.27. The van der Waals surface area contributed by atoms with Crippen LogP contribution in [-0.4, -0.2) is 39.5 Å². The first kappa shape index (κ1) is 12.0. The van der Waals surface area contributed by atoms with E-state index in [4.69, 9.17) is 5.11 Å². The molecule has 0 aromatic carbocycles. The molecule has 1 N–H and O–H groups in total. The molecule has 1 saturated carbocycles. The Bertz CT molecular complexity index is 401. The van der Waals surface area contributed by atoms with Crippen LogP contribution in [0.3, 0.4) is 0 Å². The van der Waals surface area contributed by atoms with Crippen LogP contribution in [0.15, 0.2) is 11.6 Å². The SMILES string of the molecule is O=C(O)CN(C(=O)CCc1nccs1)C1CC1. The van der Waals surface area contributed by atoms with Crippen molar-refractivity contribution in [1.82, 2.24) is 9.88 Å². The lowest BCUT2D eigenvalue weighted by molar-refractivity contribution is -0.144. The van der Waals surface area contributed by atoms with Crippen LogP contribution in [0.25, 0.3) is 0 Å². The third kappa shape index (κ3) is 3.52. The van der Waals surface area contributed by atoms with Gasteiger partial charge in [-0.25, -0.2) is 4.98 Å². The molecule has 17 heavy (non-hydrogen) atoms. The zero-order chi connectivity index (χ0) is 12.3. The van der Waals surface area contributed by atoms with Gasteiger partial charge in [-0.2, -0.15) is 0 Å². The quantitative estimate of drug-likeness (QED) is 0.826. The van der Waals surface area contributed by atoms with E-state index >= 15 is 0 Å². The van der Waals surface area contributed by atoms with Crippen molar-refractivity contribution in [3.8, 4) is 0 Å². The highest BCUT2D eigenvalue weighted by Gasteiger charge is 2.33. The third-order valence-electron chi connectivity index (χ3n) is 2.65. The maximum atomic E-state index is 11.9. The Morgan fingerprint density at radius 2 is 2.29 bits per heavy atom. The van der Waals surface area contributed by atoms with Crippen LogP contribution in [0.2, 0.25) is 0 Å². The van der Waals surface area contributed by atoms with Crippen molar-refractivity contribution in [3.05, 3.63) is 16.6 Å². The average Bonchev–Trinajstić information content (AvgIpc) is 2.99. The number of rotatable bonds is 6. The zero-order valence-corrected chi connectivity index (χ0v) is 10.2. The molecule has 6 heteroatoms. The van der Waals surface area contributed by atoms with Crippen LogP contribution in [0.5, 0.6) is 0 Å². The van der Waals surface area contributed by atoms with Crippen LogP contribution < -0.4 is 0 Å². The number of hydrogen-bond acceptors (Lipinski definition) is 4. The summed E-state index contributed by atoms with van der Waals surface area (Å²) in [6, 6.07) is 0.148. The molecule has 0 spiro atoms. The predicted molar refractivity (Wildman–Crippen MR) is 62.8 cm³/mol. The van der Waals surface area contributed by atoms with E-state index in [2.05, 4.69) is 4.98 Å². The first-order valence-corrected chi connectivity index (χ1v) is 6.44. The van der Waals surface area contributed by atoms with E-state index in [1.807, 2.05) is 5.38 Å². The third-order valence-corrected chi connectivity index (χ3v) is 3.49. The van der Waals surface area contributed by atoms with Gasteiger partial charge in [-0.05, 0) is 12.8 Å². The minimum atomic E-state index is -0.945. The van der Waals surface area contributed by atoms with E-state index in [-0.39, 0.29) is 18.5 Å². The monoisotopic (exact) mass is 254 g/mol. The molecule has 0 saturated heterocycles. The summed E-state index contributed by atoms with van der Waals surface area (Å²) >= 11 is 1.52. The molecule has 92 valence electrons. The van der Waals surface area contributed by atoms with Crippen LogP contribution in [0, 0.1) is 0 Å². The number of carbonyl (C=O) groups is 2. The zero-order valence-electron chi connectivity index (χ0n) is 9.33. The largest absolute Gasteiger partial charge is 0.480 e. The van der Waals surface area contributed by atoms with E-state index in [1.165, 1.54) is 16.2 Å². The number of aromatic nitrogens is 1. The van der Waals surface area contributed by atoms with Gasteiger partial charge in [0, 0.05) is 30.5 Å². The van der Waals surface area contributed by atoms with Gasteiger partial charge in [-0.3, -0.25) is 9.59 Å². The number of thiazole rings is 1. The van der Waals surface area contributed by atoms with Crippen LogP contribution >= 0.6 is 11.3 Å². The lowest BCUT2D eigenvalue weighted by atomic mass is 10.2. The van der Waals surface area contributed by atoms with Gasteiger partial charge in [-0.15, -0.1) is 11.3 Å². The van der Waals surface area contributed by atoms with Gasteiger partial charge in [0.15, 0.2) is 0 Å². The lowest BCUT2D eigenvalue weighted by Crippen LogP contribution is -2.37. The molecule has 1 heterocycles. The summed E-state index contributed by atoms with van der Waals surface area (Å²) in [5.74, 6) is -1.02. The summed E-state index contributed by atoms with van der Waals surface area (Å²) < 4.78 is 0. The van der Waals surface area contributed by atoms with Gasteiger partial charge in [0.05, 0.1) is 5.01 Å². The molecule has 5 nitrogen and oxygen atoms in total. The van der Waals surface area contributed by atoms with Crippen LogP contribution in [0.1, 0.15) is 24.3 Å². The Hall–Kier alpha value is -1.43. The standard InChI is InChI=1S/C11H14N2O3S/c14-10(4-3-9-12-5-6-17-9)13(7-11(15)16)8-1-2-8/h5-6,8H,1-4,7H2,(H,15,16). The fraction of sp³-hybridized carbons (Fsp3) is 0.545. The molecule has 0 aliphatic heterocycles. The Morgan fingerprint density at radius 3 is 2.82 bits per heavy atom. The average molecular weight is 254 g/mol. The summed E-state index contributed by atoms with van der Waals surface area (Å²) in [6.45, 7) is -0.179. The summed E-state index contributed by atoms with van der Waals surface area (Å²) in [7, 11) is 0. The molecule has 1 aliphatic carbocycles. The Balaban J connectivity index is 1.85. The summed E-state index contributed by atoms with van der Waals surface area (Å²) in [6.07, 6.45) is 4.50. The van der Waals surface area contributed by atoms with E-state index in [9.17, 15) is 9.59 Å². The van der Waals surface area contributed by atoms with E-state index in [0.717, 1.165) is 17.8 Å². The van der Waals surface area contributed by atoms with Crippen molar-refractivity contribution >= 4 is 23.2 Å². The van der Waals surface area contributed by atoms with Gasteiger partial charge in [0.25, 0.3) is 0 Å². The van der Waals surface area contributed by atoms with E-state index in [0.29, 0.717) is 12.8 Å². The topological polar surface area (TPSA) is 70.5 Å². The number of carboxylic acids is 1. The van der Waals surface area contributed by atoms with Crippen molar-refractivity contribution in [2.75, 3.05) is 6.54 Å². The number of carboxylic acid groups (broad SMARTS) is 1. The molecule has 2 rings (SSSR count). The van der Waals surface area contributed by atoms with Gasteiger partial charge < -0.3 is 10.0 Å².